The molecule has 1 N–H and O–H groups in total. The van der Waals surface area contributed by atoms with Crippen LogP contribution in [0.5, 0.6) is 0 Å². The highest BCUT2D eigenvalue weighted by molar-refractivity contribution is 5.94. The molecule has 0 fully saturated rings. The smallest absolute Gasteiger partial charge is 0.307 e. The highest BCUT2D eigenvalue weighted by atomic mass is 16.4. The van der Waals surface area contributed by atoms with E-state index in [1.54, 1.807) is 6.92 Å². The Hall–Kier alpha value is -4.00. The lowest BCUT2D eigenvalue weighted by Crippen LogP contribution is -2.36. The van der Waals surface area contributed by atoms with Crippen LogP contribution in [0.2, 0.25) is 0 Å². The summed E-state index contributed by atoms with van der Waals surface area (Å²) in [7, 11) is 0. The number of carbonyl (C=O) groups is 2. The van der Waals surface area contributed by atoms with Crippen LogP contribution in [0.4, 0.5) is 0 Å². The quantitative estimate of drug-likeness (QED) is 0.374. The van der Waals surface area contributed by atoms with Gasteiger partial charge in [0.25, 0.3) is 5.91 Å². The van der Waals surface area contributed by atoms with Crippen LogP contribution in [0.1, 0.15) is 69.1 Å². The zero-order valence-corrected chi connectivity index (χ0v) is 22.7. The maximum Gasteiger partial charge on any atom is 0.307 e. The molecule has 38 heavy (non-hydrogen) atoms. The number of aliphatic carboxylic acids is 1. The summed E-state index contributed by atoms with van der Waals surface area (Å²) in [4.78, 5) is 27.5. The first-order chi connectivity index (χ1) is 18.2. The van der Waals surface area contributed by atoms with Crippen molar-refractivity contribution in [3.8, 4) is 0 Å². The molecule has 0 bridgehead atoms. The Morgan fingerprint density at radius 2 is 1.79 bits per heavy atom. The first kappa shape index (κ1) is 25.6. The van der Waals surface area contributed by atoms with Gasteiger partial charge in [-0.2, -0.15) is 0 Å². The van der Waals surface area contributed by atoms with E-state index < -0.39 is 11.9 Å². The Balaban J connectivity index is 1.52. The summed E-state index contributed by atoms with van der Waals surface area (Å²) in [6.07, 6.45) is 0.774. The molecule has 0 saturated carbocycles. The van der Waals surface area contributed by atoms with Crippen molar-refractivity contribution >= 4 is 22.9 Å². The van der Waals surface area contributed by atoms with E-state index in [4.69, 9.17) is 0 Å². The number of rotatable bonds is 6. The summed E-state index contributed by atoms with van der Waals surface area (Å²) in [6, 6.07) is 16.1. The Bertz CT molecular complexity index is 1550. The second-order valence-corrected chi connectivity index (χ2v) is 10.5. The molecular weight excluding hydrogens is 476 g/mol. The lowest BCUT2D eigenvalue weighted by molar-refractivity contribution is -0.141. The largest absolute Gasteiger partial charge is 0.481 e. The minimum absolute atomic E-state index is 0.0277. The van der Waals surface area contributed by atoms with Gasteiger partial charge < -0.3 is 10.0 Å². The molecule has 0 aliphatic carbocycles. The molecular formula is C31H34N4O3. The molecule has 7 nitrogen and oxygen atoms in total. The number of hydrogen-bond donors (Lipinski definition) is 1. The van der Waals surface area contributed by atoms with Gasteiger partial charge >= 0.3 is 5.97 Å². The van der Waals surface area contributed by atoms with E-state index in [1.165, 1.54) is 11.1 Å². The number of benzene rings is 3. The van der Waals surface area contributed by atoms with E-state index in [-0.39, 0.29) is 11.8 Å². The molecule has 0 radical (unpaired) electrons. The summed E-state index contributed by atoms with van der Waals surface area (Å²) in [5.74, 6) is -1.84. The van der Waals surface area contributed by atoms with Gasteiger partial charge in [0, 0.05) is 31.1 Å². The zero-order valence-electron chi connectivity index (χ0n) is 22.7. The second kappa shape index (κ2) is 10.0. The average Bonchev–Trinajstić information content (AvgIpc) is 3.34. The van der Waals surface area contributed by atoms with E-state index in [0.29, 0.717) is 25.2 Å². The fourth-order valence-electron chi connectivity index (χ4n) is 5.63. The number of aromatic nitrogens is 3. The first-order valence-electron chi connectivity index (χ1n) is 13.2. The Morgan fingerprint density at radius 3 is 2.50 bits per heavy atom. The van der Waals surface area contributed by atoms with Crippen LogP contribution >= 0.6 is 0 Å². The second-order valence-electron chi connectivity index (χ2n) is 10.5. The Labute approximate surface area is 223 Å². The van der Waals surface area contributed by atoms with Gasteiger partial charge in [-0.25, -0.2) is 4.68 Å². The summed E-state index contributed by atoms with van der Waals surface area (Å²) >= 11 is 0. The SMILES string of the molecule is CCn1nnc2c(C)c([C@H](c3ccc4c(c3)CN(C(=O)c3ccc(C)c(C)c3)CC4)[C@H](C)C(=O)O)ccc21. The fourth-order valence-corrected chi connectivity index (χ4v) is 5.63. The number of aryl methyl sites for hydroxylation is 4. The van der Waals surface area contributed by atoms with E-state index >= 15 is 0 Å². The number of hydrogen-bond acceptors (Lipinski definition) is 4. The third-order valence-corrected chi connectivity index (χ3v) is 8.15. The predicted octanol–water partition coefficient (Wildman–Crippen LogP) is 5.43. The van der Waals surface area contributed by atoms with Crippen molar-refractivity contribution in [2.75, 3.05) is 6.54 Å². The maximum atomic E-state index is 13.3. The Kier molecular flexibility index (Phi) is 6.78. The van der Waals surface area contributed by atoms with Crippen LogP contribution in [-0.4, -0.2) is 43.4 Å². The van der Waals surface area contributed by atoms with Gasteiger partial charge in [-0.05, 0) is 91.3 Å². The fraction of sp³-hybridized carbons (Fsp3) is 0.355. The molecule has 1 aliphatic heterocycles. The van der Waals surface area contributed by atoms with Crippen LogP contribution in [-0.2, 0) is 24.3 Å². The molecule has 5 rings (SSSR count). The van der Waals surface area contributed by atoms with Gasteiger partial charge in [0.05, 0.1) is 11.4 Å². The molecule has 196 valence electrons. The molecule has 1 amide bonds. The molecule has 1 aromatic heterocycles. The van der Waals surface area contributed by atoms with Crippen molar-refractivity contribution in [2.24, 2.45) is 5.92 Å². The van der Waals surface area contributed by atoms with Crippen molar-refractivity contribution < 1.29 is 14.7 Å². The van der Waals surface area contributed by atoms with Crippen molar-refractivity contribution in [3.63, 3.8) is 0 Å². The number of carboxylic acid groups (broad SMARTS) is 1. The third kappa shape index (κ3) is 4.46. The number of carbonyl (C=O) groups excluding carboxylic acids is 1. The molecule has 7 heteroatoms. The molecule has 1 aliphatic rings. The standard InChI is InChI=1S/C31H34N4O3/c1-6-35-27-12-11-26(20(4)29(27)32-33-35)28(21(5)31(37)38)23-10-9-22-13-14-34(17-25(22)16-23)30(36)24-8-7-18(2)19(3)15-24/h7-12,15-16,21,28H,6,13-14,17H2,1-5H3,(H,37,38)/t21-,28-/m0/s1. The van der Waals surface area contributed by atoms with Gasteiger partial charge in [0.15, 0.2) is 0 Å². The van der Waals surface area contributed by atoms with Gasteiger partial charge in [-0.3, -0.25) is 9.59 Å². The van der Waals surface area contributed by atoms with Gasteiger partial charge in [0.1, 0.15) is 5.52 Å². The van der Waals surface area contributed by atoms with Crippen molar-refractivity contribution in [1.29, 1.82) is 0 Å². The minimum atomic E-state index is -0.851. The summed E-state index contributed by atoms with van der Waals surface area (Å²) in [6.45, 7) is 11.7. The Morgan fingerprint density at radius 1 is 1.00 bits per heavy atom. The van der Waals surface area contributed by atoms with E-state index in [0.717, 1.165) is 45.3 Å². The first-order valence-corrected chi connectivity index (χ1v) is 13.2. The molecule has 0 saturated heterocycles. The summed E-state index contributed by atoms with van der Waals surface area (Å²) < 4.78 is 1.85. The summed E-state index contributed by atoms with van der Waals surface area (Å²) in [5, 5.41) is 18.7. The van der Waals surface area contributed by atoms with Crippen LogP contribution < -0.4 is 0 Å². The van der Waals surface area contributed by atoms with Crippen molar-refractivity contribution in [3.05, 3.63) is 93.0 Å². The number of amides is 1. The van der Waals surface area contributed by atoms with Crippen LogP contribution in [0.25, 0.3) is 11.0 Å². The molecule has 4 aromatic rings. The van der Waals surface area contributed by atoms with Crippen LogP contribution in [0.15, 0.2) is 48.5 Å². The highest BCUT2D eigenvalue weighted by Crippen LogP contribution is 2.38. The van der Waals surface area contributed by atoms with Crippen LogP contribution in [0, 0.1) is 26.7 Å². The van der Waals surface area contributed by atoms with Crippen LogP contribution in [0.3, 0.4) is 0 Å². The molecule has 2 heterocycles. The molecule has 0 spiro atoms. The topological polar surface area (TPSA) is 88.3 Å². The van der Waals surface area contributed by atoms with Crippen molar-refractivity contribution in [2.45, 2.75) is 60.0 Å². The van der Waals surface area contributed by atoms with Crippen molar-refractivity contribution in [1.82, 2.24) is 19.9 Å². The van der Waals surface area contributed by atoms with Gasteiger partial charge in [-0.1, -0.05) is 42.5 Å². The van der Waals surface area contributed by atoms with Gasteiger partial charge in [-0.15, -0.1) is 5.10 Å². The molecule has 0 unspecified atom stereocenters. The monoisotopic (exact) mass is 510 g/mol. The number of fused-ring (bicyclic) bond motifs is 2. The average molecular weight is 511 g/mol. The van der Waals surface area contributed by atoms with E-state index in [1.807, 2.05) is 67.6 Å². The molecule has 2 atom stereocenters. The normalized spacial score (nSPS) is 14.8. The lowest BCUT2D eigenvalue weighted by atomic mass is 9.78. The maximum absolute atomic E-state index is 13.3. The predicted molar refractivity (Wildman–Crippen MR) is 147 cm³/mol. The highest BCUT2D eigenvalue weighted by Gasteiger charge is 2.31. The lowest BCUT2D eigenvalue weighted by Gasteiger charge is -2.31. The zero-order chi connectivity index (χ0) is 27.1. The van der Waals surface area contributed by atoms with Gasteiger partial charge in [0.2, 0.25) is 0 Å². The number of carboxylic acids is 1. The third-order valence-electron chi connectivity index (χ3n) is 8.15. The summed E-state index contributed by atoms with van der Waals surface area (Å²) in [5.41, 5.74) is 9.82. The number of nitrogens with zero attached hydrogens (tertiary/aromatic N) is 4. The minimum Gasteiger partial charge on any atom is -0.481 e. The van der Waals surface area contributed by atoms with E-state index in [9.17, 15) is 14.7 Å². The molecule has 3 aromatic carbocycles. The van der Waals surface area contributed by atoms with E-state index in [2.05, 4.69) is 28.5 Å².